The van der Waals surface area contributed by atoms with Crippen LogP contribution in [0.2, 0.25) is 0 Å². The van der Waals surface area contributed by atoms with Gasteiger partial charge in [-0.05, 0) is 19.4 Å². The smallest absolute Gasteiger partial charge is 0.230 e. The molecule has 1 heterocycles. The van der Waals surface area contributed by atoms with Crippen molar-refractivity contribution in [2.45, 2.75) is 33.7 Å². The molecule has 1 aromatic carbocycles. The number of rotatable bonds is 5. The quantitative estimate of drug-likeness (QED) is 0.840. The molecule has 106 valence electrons. The van der Waals surface area contributed by atoms with Gasteiger partial charge in [-0.2, -0.15) is 0 Å². The molecule has 0 N–H and O–H groups in total. The van der Waals surface area contributed by atoms with E-state index in [-0.39, 0.29) is 12.3 Å². The van der Waals surface area contributed by atoms with Crippen molar-refractivity contribution >= 4 is 5.91 Å². The summed E-state index contributed by atoms with van der Waals surface area (Å²) in [7, 11) is 0. The lowest BCUT2D eigenvalue weighted by Gasteiger charge is -2.20. The zero-order valence-electron chi connectivity index (χ0n) is 12.2. The standard InChI is InChI=1S/C16H20N2O2/c1-4-18(11-14-8-6-5-7-9-14)16(19)10-15-12(2)17-13(3)20-15/h5-9H,4,10-11H2,1-3H3. The minimum atomic E-state index is 0.0654. The van der Waals surface area contributed by atoms with Gasteiger partial charge in [0.1, 0.15) is 5.76 Å². The number of hydrogen-bond donors (Lipinski definition) is 0. The Morgan fingerprint density at radius 1 is 1.25 bits per heavy atom. The molecule has 0 unspecified atom stereocenters. The van der Waals surface area contributed by atoms with Crippen LogP contribution in [0.15, 0.2) is 34.7 Å². The van der Waals surface area contributed by atoms with Crippen LogP contribution in [0, 0.1) is 13.8 Å². The zero-order chi connectivity index (χ0) is 14.5. The lowest BCUT2D eigenvalue weighted by atomic mass is 10.2. The molecule has 0 saturated heterocycles. The lowest BCUT2D eigenvalue weighted by Crippen LogP contribution is -2.31. The highest BCUT2D eigenvalue weighted by atomic mass is 16.4. The van der Waals surface area contributed by atoms with Crippen LogP contribution >= 0.6 is 0 Å². The Morgan fingerprint density at radius 2 is 1.95 bits per heavy atom. The maximum Gasteiger partial charge on any atom is 0.230 e. The largest absolute Gasteiger partial charge is 0.445 e. The highest BCUT2D eigenvalue weighted by Gasteiger charge is 2.17. The number of likely N-dealkylation sites (N-methyl/N-ethyl adjacent to an activating group) is 1. The lowest BCUT2D eigenvalue weighted by molar-refractivity contribution is -0.131. The summed E-state index contributed by atoms with van der Waals surface area (Å²) in [6.07, 6.45) is 0.271. The molecule has 0 aliphatic heterocycles. The van der Waals surface area contributed by atoms with Crippen LogP contribution in [-0.2, 0) is 17.8 Å². The molecule has 0 bridgehead atoms. The van der Waals surface area contributed by atoms with E-state index < -0.39 is 0 Å². The number of amides is 1. The van der Waals surface area contributed by atoms with Crippen molar-refractivity contribution in [1.82, 2.24) is 9.88 Å². The van der Waals surface area contributed by atoms with Crippen LogP contribution in [0.3, 0.4) is 0 Å². The second-order valence-electron chi connectivity index (χ2n) is 4.81. The molecule has 0 spiro atoms. The Hall–Kier alpha value is -2.10. The van der Waals surface area contributed by atoms with Crippen LogP contribution in [0.4, 0.5) is 0 Å². The van der Waals surface area contributed by atoms with E-state index in [4.69, 9.17) is 4.42 Å². The topological polar surface area (TPSA) is 46.3 Å². The molecule has 0 saturated carbocycles. The number of nitrogens with zero attached hydrogens (tertiary/aromatic N) is 2. The first kappa shape index (κ1) is 14.3. The Kier molecular flexibility index (Phi) is 4.56. The van der Waals surface area contributed by atoms with Crippen molar-refractivity contribution in [3.63, 3.8) is 0 Å². The van der Waals surface area contributed by atoms with E-state index in [1.54, 1.807) is 6.92 Å². The normalized spacial score (nSPS) is 10.6. The maximum atomic E-state index is 12.3. The van der Waals surface area contributed by atoms with E-state index in [2.05, 4.69) is 4.98 Å². The SMILES string of the molecule is CCN(Cc1ccccc1)C(=O)Cc1oc(C)nc1C. The molecule has 1 aromatic heterocycles. The van der Waals surface area contributed by atoms with E-state index >= 15 is 0 Å². The highest BCUT2D eigenvalue weighted by molar-refractivity contribution is 5.78. The summed E-state index contributed by atoms with van der Waals surface area (Å²) < 4.78 is 5.47. The van der Waals surface area contributed by atoms with Crippen LogP contribution in [0.1, 0.15) is 29.8 Å². The average molecular weight is 272 g/mol. The van der Waals surface area contributed by atoms with Gasteiger partial charge in [0.2, 0.25) is 5.91 Å². The minimum absolute atomic E-state index is 0.0654. The second kappa shape index (κ2) is 6.37. The van der Waals surface area contributed by atoms with Gasteiger partial charge >= 0.3 is 0 Å². The molecular formula is C16H20N2O2. The van der Waals surface area contributed by atoms with Gasteiger partial charge in [0, 0.05) is 20.0 Å². The van der Waals surface area contributed by atoms with Gasteiger partial charge in [0.15, 0.2) is 5.89 Å². The Balaban J connectivity index is 2.04. The zero-order valence-corrected chi connectivity index (χ0v) is 12.2. The van der Waals surface area contributed by atoms with Crippen molar-refractivity contribution in [3.05, 3.63) is 53.2 Å². The number of carbonyl (C=O) groups is 1. The number of benzene rings is 1. The summed E-state index contributed by atoms with van der Waals surface area (Å²) in [6, 6.07) is 10.00. The van der Waals surface area contributed by atoms with Crippen molar-refractivity contribution < 1.29 is 9.21 Å². The Labute approximate surface area is 119 Å². The van der Waals surface area contributed by atoms with Gasteiger partial charge in [-0.1, -0.05) is 30.3 Å². The monoisotopic (exact) mass is 272 g/mol. The highest BCUT2D eigenvalue weighted by Crippen LogP contribution is 2.13. The average Bonchev–Trinajstić information content (AvgIpc) is 2.75. The van der Waals surface area contributed by atoms with Crippen LogP contribution in [-0.4, -0.2) is 22.3 Å². The number of aromatic nitrogens is 1. The number of oxazole rings is 1. The molecule has 0 fully saturated rings. The predicted octanol–water partition coefficient (Wildman–Crippen LogP) is 2.88. The minimum Gasteiger partial charge on any atom is -0.445 e. The van der Waals surface area contributed by atoms with Crippen molar-refractivity contribution in [2.24, 2.45) is 0 Å². The first-order chi connectivity index (χ1) is 9.60. The molecule has 4 nitrogen and oxygen atoms in total. The van der Waals surface area contributed by atoms with Gasteiger partial charge in [-0.15, -0.1) is 0 Å². The van der Waals surface area contributed by atoms with Gasteiger partial charge in [0.05, 0.1) is 12.1 Å². The molecule has 0 aliphatic carbocycles. The number of carbonyl (C=O) groups excluding carboxylic acids is 1. The van der Waals surface area contributed by atoms with Gasteiger partial charge in [-0.25, -0.2) is 4.98 Å². The van der Waals surface area contributed by atoms with Crippen LogP contribution in [0.25, 0.3) is 0 Å². The molecule has 0 atom stereocenters. The van der Waals surface area contributed by atoms with Crippen molar-refractivity contribution in [1.29, 1.82) is 0 Å². The van der Waals surface area contributed by atoms with Gasteiger partial charge in [-0.3, -0.25) is 4.79 Å². The molecular weight excluding hydrogens is 252 g/mol. The van der Waals surface area contributed by atoms with E-state index in [1.165, 1.54) is 0 Å². The Bertz CT molecular complexity index is 575. The third kappa shape index (κ3) is 3.47. The third-order valence-electron chi connectivity index (χ3n) is 3.26. The summed E-state index contributed by atoms with van der Waals surface area (Å²) in [5.74, 6) is 1.34. The number of hydrogen-bond acceptors (Lipinski definition) is 3. The fraction of sp³-hybridized carbons (Fsp3) is 0.375. The fourth-order valence-electron chi connectivity index (χ4n) is 2.17. The molecule has 2 aromatic rings. The molecule has 1 amide bonds. The number of aryl methyl sites for hydroxylation is 2. The first-order valence-corrected chi connectivity index (χ1v) is 6.84. The molecule has 0 aliphatic rings. The maximum absolute atomic E-state index is 12.3. The van der Waals surface area contributed by atoms with Gasteiger partial charge in [0.25, 0.3) is 0 Å². The van der Waals surface area contributed by atoms with E-state index in [0.717, 1.165) is 11.3 Å². The van der Waals surface area contributed by atoms with E-state index in [0.29, 0.717) is 24.7 Å². The third-order valence-corrected chi connectivity index (χ3v) is 3.26. The van der Waals surface area contributed by atoms with Crippen LogP contribution in [0.5, 0.6) is 0 Å². The summed E-state index contributed by atoms with van der Waals surface area (Å²) >= 11 is 0. The first-order valence-electron chi connectivity index (χ1n) is 6.84. The second-order valence-corrected chi connectivity index (χ2v) is 4.81. The van der Waals surface area contributed by atoms with E-state index in [1.807, 2.05) is 49.1 Å². The molecule has 20 heavy (non-hydrogen) atoms. The van der Waals surface area contributed by atoms with Crippen molar-refractivity contribution in [2.75, 3.05) is 6.54 Å². The van der Waals surface area contributed by atoms with E-state index in [9.17, 15) is 4.79 Å². The Morgan fingerprint density at radius 3 is 2.50 bits per heavy atom. The van der Waals surface area contributed by atoms with Gasteiger partial charge < -0.3 is 9.32 Å². The molecule has 4 heteroatoms. The fourth-order valence-corrected chi connectivity index (χ4v) is 2.17. The molecule has 0 radical (unpaired) electrons. The van der Waals surface area contributed by atoms with Crippen molar-refractivity contribution in [3.8, 4) is 0 Å². The summed E-state index contributed by atoms with van der Waals surface area (Å²) in [4.78, 5) is 18.4. The summed E-state index contributed by atoms with van der Waals surface area (Å²) in [5.41, 5.74) is 1.93. The predicted molar refractivity (Wildman–Crippen MR) is 77.2 cm³/mol. The summed E-state index contributed by atoms with van der Waals surface area (Å²) in [5, 5.41) is 0. The van der Waals surface area contributed by atoms with Crippen LogP contribution < -0.4 is 0 Å². The summed E-state index contributed by atoms with van der Waals surface area (Å²) in [6.45, 7) is 6.96. The molecule has 2 rings (SSSR count).